The summed E-state index contributed by atoms with van der Waals surface area (Å²) in [5.74, 6) is -2.47. The number of anilines is 2. The van der Waals surface area contributed by atoms with Crippen molar-refractivity contribution in [3.05, 3.63) is 53.3 Å². The van der Waals surface area contributed by atoms with Gasteiger partial charge in [0, 0.05) is 5.02 Å². The molecule has 2 aromatic carbocycles. The molecule has 0 heterocycles. The van der Waals surface area contributed by atoms with Crippen molar-refractivity contribution in [3.8, 4) is 0 Å². The molecule has 0 spiro atoms. The van der Waals surface area contributed by atoms with Crippen molar-refractivity contribution >= 4 is 44.8 Å². The first-order valence-electron chi connectivity index (χ1n) is 8.43. The van der Waals surface area contributed by atoms with Gasteiger partial charge in [0.15, 0.2) is 9.84 Å². The minimum absolute atomic E-state index is 0.0536. The number of hydrogen-bond donors (Lipinski definition) is 2. The van der Waals surface area contributed by atoms with Crippen LogP contribution in [0.4, 0.5) is 20.6 Å². The Hall–Kier alpha value is -2.65. The molecule has 0 bridgehead atoms. The van der Waals surface area contributed by atoms with Gasteiger partial charge in [-0.05, 0) is 63.2 Å². The Balaban J connectivity index is 2.16. The van der Waals surface area contributed by atoms with Gasteiger partial charge < -0.3 is 10.1 Å². The molecule has 7 nitrogen and oxygen atoms in total. The predicted octanol–water partition coefficient (Wildman–Crippen LogP) is 4.24. The molecule has 156 valence electrons. The van der Waals surface area contributed by atoms with Crippen LogP contribution in [0.1, 0.15) is 20.8 Å². The molecule has 0 radical (unpaired) electrons. The van der Waals surface area contributed by atoms with E-state index in [0.717, 1.165) is 12.1 Å². The van der Waals surface area contributed by atoms with Crippen molar-refractivity contribution in [1.29, 1.82) is 0 Å². The van der Waals surface area contributed by atoms with E-state index in [0.29, 0.717) is 5.02 Å². The third-order valence-electron chi connectivity index (χ3n) is 3.39. The van der Waals surface area contributed by atoms with Crippen LogP contribution in [0, 0.1) is 5.82 Å². The number of amides is 2. The van der Waals surface area contributed by atoms with Gasteiger partial charge in [0.25, 0.3) is 0 Å². The van der Waals surface area contributed by atoms with Crippen LogP contribution in [0.5, 0.6) is 0 Å². The average Bonchev–Trinajstić information content (AvgIpc) is 2.55. The smallest absolute Gasteiger partial charge is 0.412 e. The van der Waals surface area contributed by atoms with Gasteiger partial charge in [0.1, 0.15) is 17.2 Å². The molecule has 0 aliphatic carbocycles. The highest BCUT2D eigenvalue weighted by Crippen LogP contribution is 2.24. The Bertz CT molecular complexity index is 1020. The molecular formula is C19H20ClFN2O5S. The Morgan fingerprint density at radius 3 is 2.24 bits per heavy atom. The quantitative estimate of drug-likeness (QED) is 0.721. The summed E-state index contributed by atoms with van der Waals surface area (Å²) in [5.41, 5.74) is -0.815. The summed E-state index contributed by atoms with van der Waals surface area (Å²) >= 11 is 5.73. The number of benzene rings is 2. The molecule has 2 rings (SSSR count). The van der Waals surface area contributed by atoms with Crippen molar-refractivity contribution in [1.82, 2.24) is 0 Å². The van der Waals surface area contributed by atoms with E-state index in [1.807, 2.05) is 0 Å². The van der Waals surface area contributed by atoms with Gasteiger partial charge in [0.05, 0.1) is 16.3 Å². The minimum Gasteiger partial charge on any atom is -0.444 e. The monoisotopic (exact) mass is 442 g/mol. The summed E-state index contributed by atoms with van der Waals surface area (Å²) in [6.07, 6.45) is -0.812. The SMILES string of the molecule is CC(C)(C)OC(=O)Nc1ccc(F)cc1NC(=O)CS(=O)(=O)c1ccc(Cl)cc1. The highest BCUT2D eigenvalue weighted by Gasteiger charge is 2.22. The van der Waals surface area contributed by atoms with E-state index in [4.69, 9.17) is 16.3 Å². The molecule has 0 atom stereocenters. The lowest BCUT2D eigenvalue weighted by Gasteiger charge is -2.20. The number of rotatable bonds is 5. The Labute approximate surface area is 173 Å². The normalized spacial score (nSPS) is 11.6. The van der Waals surface area contributed by atoms with E-state index in [1.165, 1.54) is 30.3 Å². The second kappa shape index (κ2) is 8.79. The van der Waals surface area contributed by atoms with Crippen LogP contribution in [0.15, 0.2) is 47.4 Å². The summed E-state index contributed by atoms with van der Waals surface area (Å²) in [7, 11) is -3.94. The molecule has 0 fully saturated rings. The molecule has 0 saturated carbocycles. The molecule has 2 N–H and O–H groups in total. The topological polar surface area (TPSA) is 102 Å². The second-order valence-electron chi connectivity index (χ2n) is 7.08. The summed E-state index contributed by atoms with van der Waals surface area (Å²) in [5, 5.41) is 5.05. The van der Waals surface area contributed by atoms with E-state index in [-0.39, 0.29) is 16.3 Å². The lowest BCUT2D eigenvalue weighted by atomic mass is 10.2. The van der Waals surface area contributed by atoms with Crippen LogP contribution in [-0.2, 0) is 19.4 Å². The Morgan fingerprint density at radius 2 is 1.66 bits per heavy atom. The number of hydrogen-bond acceptors (Lipinski definition) is 5. The van der Waals surface area contributed by atoms with Crippen molar-refractivity contribution in [2.75, 3.05) is 16.4 Å². The number of nitrogens with one attached hydrogen (secondary N) is 2. The molecule has 10 heteroatoms. The minimum atomic E-state index is -3.94. The molecule has 29 heavy (non-hydrogen) atoms. The fourth-order valence-electron chi connectivity index (χ4n) is 2.23. The van der Waals surface area contributed by atoms with Crippen LogP contribution in [-0.4, -0.2) is 31.8 Å². The van der Waals surface area contributed by atoms with Gasteiger partial charge in [-0.3, -0.25) is 10.1 Å². The zero-order chi connectivity index (χ0) is 21.8. The van der Waals surface area contributed by atoms with Gasteiger partial charge in [0.2, 0.25) is 5.91 Å². The first kappa shape index (κ1) is 22.6. The van der Waals surface area contributed by atoms with Crippen molar-refractivity contribution in [2.45, 2.75) is 31.3 Å². The molecule has 0 aliphatic heterocycles. The zero-order valence-corrected chi connectivity index (χ0v) is 17.5. The summed E-state index contributed by atoms with van der Waals surface area (Å²) < 4.78 is 43.5. The summed E-state index contributed by atoms with van der Waals surface area (Å²) in [4.78, 5) is 24.1. The van der Waals surface area contributed by atoms with Crippen LogP contribution >= 0.6 is 11.6 Å². The van der Waals surface area contributed by atoms with Crippen LogP contribution in [0.3, 0.4) is 0 Å². The molecule has 0 saturated heterocycles. The van der Waals surface area contributed by atoms with Crippen molar-refractivity contribution in [3.63, 3.8) is 0 Å². The number of ether oxygens (including phenoxy) is 1. The third-order valence-corrected chi connectivity index (χ3v) is 5.27. The third kappa shape index (κ3) is 7.03. The van der Waals surface area contributed by atoms with Crippen molar-refractivity contribution < 1.29 is 27.1 Å². The largest absolute Gasteiger partial charge is 0.444 e. The zero-order valence-electron chi connectivity index (χ0n) is 16.0. The van der Waals surface area contributed by atoms with Gasteiger partial charge in [-0.1, -0.05) is 11.6 Å². The van der Waals surface area contributed by atoms with Gasteiger partial charge in [-0.2, -0.15) is 0 Å². The average molecular weight is 443 g/mol. The first-order valence-corrected chi connectivity index (χ1v) is 10.5. The van der Waals surface area contributed by atoms with E-state index >= 15 is 0 Å². The van der Waals surface area contributed by atoms with E-state index in [9.17, 15) is 22.4 Å². The van der Waals surface area contributed by atoms with Gasteiger partial charge in [-0.25, -0.2) is 17.6 Å². The molecule has 2 amide bonds. The number of halogens is 2. The molecule has 0 aromatic heterocycles. The number of carbonyl (C=O) groups excluding carboxylic acids is 2. The van der Waals surface area contributed by atoms with E-state index < -0.39 is 39.0 Å². The van der Waals surface area contributed by atoms with Gasteiger partial charge >= 0.3 is 6.09 Å². The van der Waals surface area contributed by atoms with E-state index in [2.05, 4.69) is 10.6 Å². The maximum Gasteiger partial charge on any atom is 0.412 e. The van der Waals surface area contributed by atoms with Gasteiger partial charge in [-0.15, -0.1) is 0 Å². The maximum atomic E-state index is 13.6. The molecule has 0 unspecified atom stereocenters. The first-order chi connectivity index (χ1) is 13.4. The van der Waals surface area contributed by atoms with Crippen LogP contribution in [0.25, 0.3) is 0 Å². The highest BCUT2D eigenvalue weighted by atomic mass is 35.5. The number of carbonyl (C=O) groups is 2. The Kier molecular flexibility index (Phi) is 6.86. The highest BCUT2D eigenvalue weighted by molar-refractivity contribution is 7.92. The van der Waals surface area contributed by atoms with Crippen LogP contribution in [0.2, 0.25) is 5.02 Å². The molecule has 2 aromatic rings. The lowest BCUT2D eigenvalue weighted by molar-refractivity contribution is -0.113. The molecule has 0 aliphatic rings. The van der Waals surface area contributed by atoms with Crippen molar-refractivity contribution in [2.24, 2.45) is 0 Å². The lowest BCUT2D eigenvalue weighted by Crippen LogP contribution is -2.28. The maximum absolute atomic E-state index is 13.6. The fraction of sp³-hybridized carbons (Fsp3) is 0.263. The summed E-state index contributed by atoms with van der Waals surface area (Å²) in [6, 6.07) is 8.60. The molecular weight excluding hydrogens is 423 g/mol. The summed E-state index contributed by atoms with van der Waals surface area (Å²) in [6.45, 7) is 5.00. The Morgan fingerprint density at radius 1 is 1.03 bits per heavy atom. The standard InChI is InChI=1S/C19H20ClFN2O5S/c1-19(2,3)28-18(25)23-15-9-6-13(21)10-16(15)22-17(24)11-29(26,27)14-7-4-12(20)5-8-14/h4-10H,11H2,1-3H3,(H,22,24)(H,23,25). The van der Waals surface area contributed by atoms with E-state index in [1.54, 1.807) is 20.8 Å². The predicted molar refractivity (Wildman–Crippen MR) is 108 cm³/mol. The fourth-order valence-corrected chi connectivity index (χ4v) is 3.49. The second-order valence-corrected chi connectivity index (χ2v) is 9.50. The van der Waals surface area contributed by atoms with Crippen LogP contribution < -0.4 is 10.6 Å². The number of sulfone groups is 1.